The van der Waals surface area contributed by atoms with Crippen molar-refractivity contribution < 1.29 is 9.18 Å². The largest absolute Gasteiger partial charge is 0.321 e. The Kier molecular flexibility index (Phi) is 3.97. The molecule has 0 saturated carbocycles. The maximum atomic E-state index is 13.2. The summed E-state index contributed by atoms with van der Waals surface area (Å²) in [6.07, 6.45) is 0. The Balaban J connectivity index is 1.78. The van der Waals surface area contributed by atoms with Crippen molar-refractivity contribution in [1.29, 1.82) is 0 Å². The van der Waals surface area contributed by atoms with Crippen LogP contribution in [0.3, 0.4) is 0 Å². The van der Waals surface area contributed by atoms with E-state index in [1.54, 1.807) is 16.8 Å². The van der Waals surface area contributed by atoms with Gasteiger partial charge in [0.2, 0.25) is 0 Å². The lowest BCUT2D eigenvalue weighted by Gasteiger charge is -2.04. The number of fused-ring (bicyclic) bond motifs is 1. The van der Waals surface area contributed by atoms with E-state index in [4.69, 9.17) is 0 Å². The second-order valence-electron chi connectivity index (χ2n) is 6.08. The monoisotopic (exact) mass is 345 g/mol. The number of nitrogens with one attached hydrogen (secondary N) is 1. The number of anilines is 1. The molecule has 0 spiro atoms. The standard InChI is InChI=1S/C21H16FN3O/c1-14-5-4-6-16(13-14)23-21(26)20-18-7-2-3-8-19(18)25(24-20)17-11-9-15(22)10-12-17/h2-13H,1H3,(H,23,26). The molecule has 0 aliphatic heterocycles. The summed E-state index contributed by atoms with van der Waals surface area (Å²) in [5.74, 6) is -0.602. The zero-order valence-corrected chi connectivity index (χ0v) is 14.1. The molecule has 0 saturated heterocycles. The summed E-state index contributed by atoms with van der Waals surface area (Å²) in [4.78, 5) is 12.8. The Morgan fingerprint density at radius 3 is 2.54 bits per heavy atom. The first-order valence-electron chi connectivity index (χ1n) is 8.23. The Hall–Kier alpha value is -3.47. The van der Waals surface area contributed by atoms with Gasteiger partial charge in [-0.15, -0.1) is 0 Å². The van der Waals surface area contributed by atoms with Crippen molar-refractivity contribution in [3.05, 3.63) is 89.9 Å². The molecule has 5 heteroatoms. The minimum absolute atomic E-state index is 0.285. The van der Waals surface area contributed by atoms with Crippen molar-refractivity contribution in [2.75, 3.05) is 5.32 Å². The van der Waals surface area contributed by atoms with Gasteiger partial charge in [-0.05, 0) is 55.0 Å². The number of halogens is 1. The van der Waals surface area contributed by atoms with Crippen LogP contribution in [0, 0.1) is 12.7 Å². The Morgan fingerprint density at radius 1 is 1.00 bits per heavy atom. The van der Waals surface area contributed by atoms with Crippen LogP contribution >= 0.6 is 0 Å². The third kappa shape index (κ3) is 2.95. The second-order valence-corrected chi connectivity index (χ2v) is 6.08. The quantitative estimate of drug-likeness (QED) is 0.584. The van der Waals surface area contributed by atoms with Crippen LogP contribution in [0.1, 0.15) is 16.1 Å². The molecule has 0 unspecified atom stereocenters. The van der Waals surface area contributed by atoms with E-state index in [0.717, 1.165) is 22.2 Å². The van der Waals surface area contributed by atoms with Gasteiger partial charge in [0, 0.05) is 11.1 Å². The maximum absolute atomic E-state index is 13.2. The molecule has 0 fully saturated rings. The van der Waals surface area contributed by atoms with Gasteiger partial charge in [-0.3, -0.25) is 4.79 Å². The molecule has 3 aromatic carbocycles. The molecule has 1 amide bonds. The molecule has 0 radical (unpaired) electrons. The number of aromatic nitrogens is 2. The van der Waals surface area contributed by atoms with E-state index in [2.05, 4.69) is 10.4 Å². The normalized spacial score (nSPS) is 10.8. The van der Waals surface area contributed by atoms with Crippen molar-refractivity contribution in [3.63, 3.8) is 0 Å². The van der Waals surface area contributed by atoms with E-state index in [0.29, 0.717) is 11.4 Å². The highest BCUT2D eigenvalue weighted by Crippen LogP contribution is 2.23. The van der Waals surface area contributed by atoms with Crippen LogP contribution in [0.4, 0.5) is 10.1 Å². The molecular formula is C21H16FN3O. The fourth-order valence-electron chi connectivity index (χ4n) is 2.93. The molecule has 26 heavy (non-hydrogen) atoms. The first-order chi connectivity index (χ1) is 12.6. The van der Waals surface area contributed by atoms with E-state index in [-0.39, 0.29) is 11.7 Å². The molecule has 0 bridgehead atoms. The van der Waals surface area contributed by atoms with Gasteiger partial charge >= 0.3 is 0 Å². The van der Waals surface area contributed by atoms with Gasteiger partial charge in [-0.2, -0.15) is 5.10 Å². The zero-order valence-electron chi connectivity index (χ0n) is 14.1. The molecule has 1 N–H and O–H groups in total. The lowest BCUT2D eigenvalue weighted by molar-refractivity contribution is 0.102. The van der Waals surface area contributed by atoms with Crippen molar-refractivity contribution in [1.82, 2.24) is 9.78 Å². The summed E-state index contributed by atoms with van der Waals surface area (Å²) in [6, 6.07) is 21.1. The van der Waals surface area contributed by atoms with Gasteiger partial charge in [0.15, 0.2) is 5.69 Å². The van der Waals surface area contributed by atoms with Crippen LogP contribution in [0.2, 0.25) is 0 Å². The third-order valence-electron chi connectivity index (χ3n) is 4.15. The van der Waals surface area contributed by atoms with Crippen LogP contribution in [-0.4, -0.2) is 15.7 Å². The number of benzene rings is 3. The van der Waals surface area contributed by atoms with Crippen LogP contribution in [0.5, 0.6) is 0 Å². The maximum Gasteiger partial charge on any atom is 0.276 e. The van der Waals surface area contributed by atoms with E-state index < -0.39 is 0 Å². The number of carbonyl (C=O) groups is 1. The summed E-state index contributed by atoms with van der Waals surface area (Å²) in [5.41, 5.74) is 3.58. The topological polar surface area (TPSA) is 46.9 Å². The molecule has 4 aromatic rings. The summed E-state index contributed by atoms with van der Waals surface area (Å²) in [6.45, 7) is 1.97. The van der Waals surface area contributed by atoms with Crippen molar-refractivity contribution >= 4 is 22.5 Å². The predicted molar refractivity (Wildman–Crippen MR) is 100 cm³/mol. The lowest BCUT2D eigenvalue weighted by atomic mass is 10.2. The number of hydrogen-bond acceptors (Lipinski definition) is 2. The molecular weight excluding hydrogens is 329 g/mol. The Labute approximate surface area is 149 Å². The number of nitrogens with zero attached hydrogens (tertiary/aromatic N) is 2. The first kappa shape index (κ1) is 16.0. The van der Waals surface area contributed by atoms with Gasteiger partial charge in [0.25, 0.3) is 5.91 Å². The Morgan fingerprint density at radius 2 is 1.77 bits per heavy atom. The molecule has 1 aromatic heterocycles. The molecule has 0 aliphatic carbocycles. The number of aryl methyl sites for hydroxylation is 1. The van der Waals surface area contributed by atoms with Crippen molar-refractivity contribution in [3.8, 4) is 5.69 Å². The van der Waals surface area contributed by atoms with E-state index in [1.165, 1.54) is 12.1 Å². The average molecular weight is 345 g/mol. The summed E-state index contributed by atoms with van der Waals surface area (Å²) < 4.78 is 14.9. The van der Waals surface area contributed by atoms with Crippen LogP contribution in [-0.2, 0) is 0 Å². The molecule has 4 nitrogen and oxygen atoms in total. The number of amides is 1. The van der Waals surface area contributed by atoms with Gasteiger partial charge in [-0.1, -0.05) is 30.3 Å². The smallest absolute Gasteiger partial charge is 0.276 e. The highest BCUT2D eigenvalue weighted by Gasteiger charge is 2.18. The van der Waals surface area contributed by atoms with Crippen molar-refractivity contribution in [2.24, 2.45) is 0 Å². The number of hydrogen-bond donors (Lipinski definition) is 1. The summed E-state index contributed by atoms with van der Waals surface area (Å²) in [5, 5.41) is 8.12. The summed E-state index contributed by atoms with van der Waals surface area (Å²) >= 11 is 0. The first-order valence-corrected chi connectivity index (χ1v) is 8.23. The number of rotatable bonds is 3. The summed E-state index contributed by atoms with van der Waals surface area (Å²) in [7, 11) is 0. The third-order valence-corrected chi connectivity index (χ3v) is 4.15. The zero-order chi connectivity index (χ0) is 18.1. The SMILES string of the molecule is Cc1cccc(NC(=O)c2nn(-c3ccc(F)cc3)c3ccccc23)c1. The number of carbonyl (C=O) groups excluding carboxylic acids is 1. The van der Waals surface area contributed by atoms with Gasteiger partial charge in [-0.25, -0.2) is 9.07 Å². The molecule has 128 valence electrons. The van der Waals surface area contributed by atoms with E-state index in [9.17, 15) is 9.18 Å². The molecule has 4 rings (SSSR count). The predicted octanol–water partition coefficient (Wildman–Crippen LogP) is 4.73. The molecule has 0 aliphatic rings. The second kappa shape index (κ2) is 6.44. The molecule has 1 heterocycles. The van der Waals surface area contributed by atoms with Crippen molar-refractivity contribution in [2.45, 2.75) is 6.92 Å². The van der Waals surface area contributed by atoms with Crippen LogP contribution < -0.4 is 5.32 Å². The minimum atomic E-state index is -0.317. The van der Waals surface area contributed by atoms with Crippen LogP contribution in [0.15, 0.2) is 72.8 Å². The number of para-hydroxylation sites is 1. The van der Waals surface area contributed by atoms with Gasteiger partial charge in [0.05, 0.1) is 11.2 Å². The van der Waals surface area contributed by atoms with E-state index >= 15 is 0 Å². The highest BCUT2D eigenvalue weighted by molar-refractivity contribution is 6.11. The average Bonchev–Trinajstić information content (AvgIpc) is 3.02. The molecule has 0 atom stereocenters. The Bertz CT molecular complexity index is 1100. The minimum Gasteiger partial charge on any atom is -0.321 e. The van der Waals surface area contributed by atoms with Gasteiger partial charge in [0.1, 0.15) is 5.82 Å². The highest BCUT2D eigenvalue weighted by atomic mass is 19.1. The van der Waals surface area contributed by atoms with Crippen LogP contribution in [0.25, 0.3) is 16.6 Å². The lowest BCUT2D eigenvalue weighted by Crippen LogP contribution is -2.13. The van der Waals surface area contributed by atoms with Gasteiger partial charge < -0.3 is 5.32 Å². The fraction of sp³-hybridized carbons (Fsp3) is 0.0476. The fourth-order valence-corrected chi connectivity index (χ4v) is 2.93. The van der Waals surface area contributed by atoms with E-state index in [1.807, 2.05) is 55.5 Å².